The molecule has 2 aromatic carbocycles. The van der Waals surface area contributed by atoms with Crippen LogP contribution in [0.25, 0.3) is 0 Å². The molecule has 0 fully saturated rings. The fourth-order valence-corrected chi connectivity index (χ4v) is 3.34. The maximum absolute atomic E-state index is 13.3. The Bertz CT molecular complexity index is 943. The van der Waals surface area contributed by atoms with Crippen molar-refractivity contribution in [3.05, 3.63) is 76.9 Å². The normalized spacial score (nSPS) is 16.6. The predicted molar refractivity (Wildman–Crippen MR) is 97.9 cm³/mol. The molecular formula is C21H19FN2O2. The van der Waals surface area contributed by atoms with Crippen molar-refractivity contribution >= 4 is 11.4 Å². The van der Waals surface area contributed by atoms with Crippen molar-refractivity contribution in [1.82, 2.24) is 5.16 Å². The van der Waals surface area contributed by atoms with Crippen LogP contribution >= 0.6 is 0 Å². The highest BCUT2D eigenvalue weighted by Crippen LogP contribution is 2.37. The number of benzene rings is 2. The van der Waals surface area contributed by atoms with E-state index in [-0.39, 0.29) is 11.7 Å². The highest BCUT2D eigenvalue weighted by atomic mass is 19.1. The standard InChI is InChI=1S/C21H19FN2O2/c1-13-21-20(26-24-13)12-16(14-5-9-18(25-2)10-6-14)11-19(23-21)15-3-7-17(22)8-4-15/h3-10,16H,11-12H2,1-2H3/t16-/m0/s1. The molecule has 0 saturated heterocycles. The lowest BCUT2D eigenvalue weighted by molar-refractivity contribution is 0.373. The van der Waals surface area contributed by atoms with Gasteiger partial charge in [0.25, 0.3) is 0 Å². The van der Waals surface area contributed by atoms with Crippen LogP contribution in [0.15, 0.2) is 58.0 Å². The Hall–Kier alpha value is -2.95. The molecule has 26 heavy (non-hydrogen) atoms. The SMILES string of the molecule is COc1ccc([C@H]2CC(c3ccc(F)cc3)=Nc3c(C)noc3C2)cc1. The highest BCUT2D eigenvalue weighted by molar-refractivity contribution is 6.03. The number of aliphatic imine (C=N–C) groups is 1. The van der Waals surface area contributed by atoms with Crippen LogP contribution in [0.2, 0.25) is 0 Å². The Morgan fingerprint density at radius 1 is 1.04 bits per heavy atom. The van der Waals surface area contributed by atoms with Crippen LogP contribution in [-0.2, 0) is 6.42 Å². The van der Waals surface area contributed by atoms with Gasteiger partial charge in [0.2, 0.25) is 0 Å². The third kappa shape index (κ3) is 3.12. The topological polar surface area (TPSA) is 47.6 Å². The molecule has 4 nitrogen and oxygen atoms in total. The van der Waals surface area contributed by atoms with E-state index in [4.69, 9.17) is 14.3 Å². The van der Waals surface area contributed by atoms with Gasteiger partial charge in [0.15, 0.2) is 5.76 Å². The second-order valence-corrected chi connectivity index (χ2v) is 6.48. The molecule has 4 rings (SSSR count). The van der Waals surface area contributed by atoms with E-state index < -0.39 is 0 Å². The first-order valence-electron chi connectivity index (χ1n) is 8.56. The van der Waals surface area contributed by atoms with Gasteiger partial charge in [-0.3, -0.25) is 0 Å². The van der Waals surface area contributed by atoms with Gasteiger partial charge in [-0.15, -0.1) is 0 Å². The van der Waals surface area contributed by atoms with Gasteiger partial charge in [-0.1, -0.05) is 29.4 Å². The number of hydrogen-bond donors (Lipinski definition) is 0. The number of rotatable bonds is 3. The van der Waals surface area contributed by atoms with Crippen LogP contribution in [0.4, 0.5) is 10.1 Å². The monoisotopic (exact) mass is 350 g/mol. The highest BCUT2D eigenvalue weighted by Gasteiger charge is 2.26. The molecule has 1 aliphatic rings. The number of ether oxygens (including phenoxy) is 1. The fraction of sp³-hybridized carbons (Fsp3) is 0.238. The van der Waals surface area contributed by atoms with Crippen molar-refractivity contribution < 1.29 is 13.7 Å². The Kier molecular flexibility index (Phi) is 4.29. The number of fused-ring (bicyclic) bond motifs is 1. The zero-order chi connectivity index (χ0) is 18.1. The molecule has 3 aromatic rings. The van der Waals surface area contributed by atoms with Gasteiger partial charge >= 0.3 is 0 Å². The Morgan fingerprint density at radius 3 is 2.46 bits per heavy atom. The molecule has 1 aromatic heterocycles. The van der Waals surface area contributed by atoms with Gasteiger partial charge in [-0.2, -0.15) is 0 Å². The molecule has 5 heteroatoms. The number of hydrogen-bond acceptors (Lipinski definition) is 4. The number of halogens is 1. The average molecular weight is 350 g/mol. The summed E-state index contributed by atoms with van der Waals surface area (Å²) in [4.78, 5) is 4.82. The number of aromatic nitrogens is 1. The zero-order valence-corrected chi connectivity index (χ0v) is 14.7. The first-order chi connectivity index (χ1) is 12.6. The minimum Gasteiger partial charge on any atom is -0.497 e. The van der Waals surface area contributed by atoms with E-state index in [2.05, 4.69) is 17.3 Å². The maximum atomic E-state index is 13.3. The first-order valence-corrected chi connectivity index (χ1v) is 8.56. The number of methoxy groups -OCH3 is 1. The van der Waals surface area contributed by atoms with Crippen LogP contribution in [0.5, 0.6) is 5.75 Å². The van der Waals surface area contributed by atoms with Crippen molar-refractivity contribution in [1.29, 1.82) is 0 Å². The molecule has 0 amide bonds. The van der Waals surface area contributed by atoms with Crippen molar-refractivity contribution in [3.63, 3.8) is 0 Å². The molecule has 0 saturated carbocycles. The summed E-state index contributed by atoms with van der Waals surface area (Å²) >= 11 is 0. The minimum atomic E-state index is -0.253. The van der Waals surface area contributed by atoms with Crippen LogP contribution < -0.4 is 4.74 Å². The van der Waals surface area contributed by atoms with Crippen LogP contribution in [0.1, 0.15) is 34.9 Å². The van der Waals surface area contributed by atoms with Crippen LogP contribution in [0.3, 0.4) is 0 Å². The van der Waals surface area contributed by atoms with Crippen molar-refractivity contribution in [2.45, 2.75) is 25.7 Å². The summed E-state index contributed by atoms with van der Waals surface area (Å²) < 4.78 is 24.1. The van der Waals surface area contributed by atoms with E-state index in [9.17, 15) is 4.39 Å². The second kappa shape index (κ2) is 6.75. The van der Waals surface area contributed by atoms with E-state index in [1.807, 2.05) is 19.1 Å². The molecule has 1 atom stereocenters. The van der Waals surface area contributed by atoms with E-state index in [1.165, 1.54) is 17.7 Å². The minimum absolute atomic E-state index is 0.193. The molecule has 0 radical (unpaired) electrons. The third-order valence-electron chi connectivity index (χ3n) is 4.78. The summed E-state index contributed by atoms with van der Waals surface area (Å²) in [5, 5.41) is 4.08. The quantitative estimate of drug-likeness (QED) is 0.669. The number of nitrogens with zero attached hydrogens (tertiary/aromatic N) is 2. The lowest BCUT2D eigenvalue weighted by Crippen LogP contribution is -2.09. The van der Waals surface area contributed by atoms with E-state index in [1.54, 1.807) is 19.2 Å². The molecule has 1 aliphatic heterocycles. The van der Waals surface area contributed by atoms with Gasteiger partial charge in [-0.05, 0) is 54.7 Å². The zero-order valence-electron chi connectivity index (χ0n) is 14.7. The Labute approximate surface area is 151 Å². The second-order valence-electron chi connectivity index (χ2n) is 6.48. The van der Waals surface area contributed by atoms with E-state index in [0.717, 1.165) is 47.0 Å². The molecule has 0 unspecified atom stereocenters. The fourth-order valence-electron chi connectivity index (χ4n) is 3.34. The van der Waals surface area contributed by atoms with Gasteiger partial charge in [-0.25, -0.2) is 9.38 Å². The summed E-state index contributed by atoms with van der Waals surface area (Å²) in [5.74, 6) is 1.56. The predicted octanol–water partition coefficient (Wildman–Crippen LogP) is 4.98. The Balaban J connectivity index is 1.76. The molecular weight excluding hydrogens is 331 g/mol. The van der Waals surface area contributed by atoms with Gasteiger partial charge in [0.05, 0.1) is 7.11 Å². The van der Waals surface area contributed by atoms with Gasteiger partial charge in [0.1, 0.15) is 22.9 Å². The smallest absolute Gasteiger partial charge is 0.163 e. The molecule has 132 valence electrons. The summed E-state index contributed by atoms with van der Waals surface area (Å²) in [6, 6.07) is 14.5. The number of aryl methyl sites for hydroxylation is 1. The summed E-state index contributed by atoms with van der Waals surface area (Å²) in [5.41, 5.74) is 4.58. The maximum Gasteiger partial charge on any atom is 0.163 e. The lowest BCUT2D eigenvalue weighted by Gasteiger charge is -2.16. The molecule has 0 bridgehead atoms. The van der Waals surface area contributed by atoms with E-state index in [0.29, 0.717) is 0 Å². The summed E-state index contributed by atoms with van der Waals surface area (Å²) in [6.07, 6.45) is 1.46. The third-order valence-corrected chi connectivity index (χ3v) is 4.78. The van der Waals surface area contributed by atoms with Crippen molar-refractivity contribution in [3.8, 4) is 5.75 Å². The average Bonchev–Trinajstić information content (AvgIpc) is 2.90. The first kappa shape index (κ1) is 16.5. The molecule has 2 heterocycles. The van der Waals surface area contributed by atoms with Crippen molar-refractivity contribution in [2.75, 3.05) is 7.11 Å². The summed E-state index contributed by atoms with van der Waals surface area (Å²) in [6.45, 7) is 1.89. The van der Waals surface area contributed by atoms with Gasteiger partial charge < -0.3 is 9.26 Å². The summed E-state index contributed by atoms with van der Waals surface area (Å²) in [7, 11) is 1.66. The van der Waals surface area contributed by atoms with E-state index >= 15 is 0 Å². The van der Waals surface area contributed by atoms with Gasteiger partial charge in [0, 0.05) is 12.1 Å². The largest absolute Gasteiger partial charge is 0.497 e. The molecule has 0 N–H and O–H groups in total. The van der Waals surface area contributed by atoms with Crippen molar-refractivity contribution in [2.24, 2.45) is 4.99 Å². The molecule has 0 spiro atoms. The lowest BCUT2D eigenvalue weighted by atomic mass is 9.88. The van der Waals surface area contributed by atoms with Crippen LogP contribution in [0, 0.1) is 12.7 Å². The molecule has 0 aliphatic carbocycles. The van der Waals surface area contributed by atoms with Crippen LogP contribution in [-0.4, -0.2) is 18.0 Å². The Morgan fingerprint density at radius 2 is 1.77 bits per heavy atom.